The first kappa shape index (κ1) is 19.1. The zero-order valence-corrected chi connectivity index (χ0v) is 14.5. The van der Waals surface area contributed by atoms with Crippen LogP contribution < -0.4 is 5.73 Å². The smallest absolute Gasteiger partial charge is 0.338 e. The van der Waals surface area contributed by atoms with Gasteiger partial charge in [0.1, 0.15) is 17.4 Å². The summed E-state index contributed by atoms with van der Waals surface area (Å²) in [6, 6.07) is 3.99. The van der Waals surface area contributed by atoms with Crippen LogP contribution in [0.4, 0.5) is 5.69 Å². The van der Waals surface area contributed by atoms with Crippen molar-refractivity contribution in [3.63, 3.8) is 0 Å². The van der Waals surface area contributed by atoms with Gasteiger partial charge in [-0.3, -0.25) is 10.1 Å². The number of nitrogens with two attached hydrogens (primary N) is 1. The number of carbonyl (C=O) groups is 1. The van der Waals surface area contributed by atoms with Crippen LogP contribution in [0, 0.1) is 21.4 Å². The summed E-state index contributed by atoms with van der Waals surface area (Å²) in [6.45, 7) is 3.06. The van der Waals surface area contributed by atoms with Crippen LogP contribution in [0.25, 0.3) is 0 Å². The van der Waals surface area contributed by atoms with Crippen LogP contribution in [0.2, 0.25) is 5.02 Å². The van der Waals surface area contributed by atoms with Crippen molar-refractivity contribution in [2.24, 2.45) is 5.73 Å². The lowest BCUT2D eigenvalue weighted by atomic mass is 9.82. The Kier molecular flexibility index (Phi) is 5.38. The predicted octanol–water partition coefficient (Wildman–Crippen LogP) is 2.60. The molecule has 136 valence electrons. The average Bonchev–Trinajstić information content (AvgIpc) is 2.55. The first-order valence-electron chi connectivity index (χ1n) is 7.35. The molecule has 0 aromatic heterocycles. The molecule has 0 amide bonds. The van der Waals surface area contributed by atoms with Crippen LogP contribution in [-0.4, -0.2) is 22.6 Å². The minimum atomic E-state index is -1.23. The largest absolute Gasteiger partial charge is 0.502 e. The van der Waals surface area contributed by atoms with E-state index in [0.29, 0.717) is 0 Å². The molecule has 3 N–H and O–H groups in total. The fourth-order valence-electron chi connectivity index (χ4n) is 2.63. The summed E-state index contributed by atoms with van der Waals surface area (Å²) in [5.74, 6) is -3.01. The van der Waals surface area contributed by atoms with Gasteiger partial charge in [0.2, 0.25) is 5.88 Å². The fourth-order valence-corrected chi connectivity index (χ4v) is 2.85. The molecule has 1 atom stereocenters. The van der Waals surface area contributed by atoms with Gasteiger partial charge in [-0.1, -0.05) is 11.6 Å². The van der Waals surface area contributed by atoms with Gasteiger partial charge in [-0.15, -0.1) is 0 Å². The maximum atomic E-state index is 12.4. The minimum absolute atomic E-state index is 0.0467. The lowest BCUT2D eigenvalue weighted by molar-refractivity contribution is -0.385. The van der Waals surface area contributed by atoms with Crippen molar-refractivity contribution in [3.05, 3.63) is 55.6 Å². The van der Waals surface area contributed by atoms with Gasteiger partial charge in [0, 0.05) is 16.7 Å². The molecule has 0 saturated heterocycles. The number of aromatic hydroxyl groups is 1. The van der Waals surface area contributed by atoms with E-state index in [1.807, 2.05) is 6.07 Å². The topological polar surface area (TPSA) is 149 Å². The first-order chi connectivity index (χ1) is 12.2. The van der Waals surface area contributed by atoms with Crippen molar-refractivity contribution < 1.29 is 24.3 Å². The van der Waals surface area contributed by atoms with Gasteiger partial charge in [0.25, 0.3) is 0 Å². The molecule has 0 aliphatic carbocycles. The minimum Gasteiger partial charge on any atom is -0.502 e. The molecule has 1 unspecified atom stereocenters. The average molecular weight is 380 g/mol. The molecule has 1 aliphatic rings. The summed E-state index contributed by atoms with van der Waals surface area (Å²) < 4.78 is 10.2. The predicted molar refractivity (Wildman–Crippen MR) is 89.8 cm³/mol. The van der Waals surface area contributed by atoms with Crippen LogP contribution in [0.15, 0.2) is 34.9 Å². The lowest BCUT2D eigenvalue weighted by Crippen LogP contribution is -2.25. The summed E-state index contributed by atoms with van der Waals surface area (Å²) in [5, 5.41) is 30.9. The van der Waals surface area contributed by atoms with Gasteiger partial charge >= 0.3 is 11.7 Å². The third kappa shape index (κ3) is 3.27. The number of allylic oxidation sites excluding steroid dienone is 2. The molecule has 0 saturated carbocycles. The molecular weight excluding hydrogens is 366 g/mol. The van der Waals surface area contributed by atoms with E-state index < -0.39 is 28.2 Å². The number of rotatable bonds is 4. The van der Waals surface area contributed by atoms with Gasteiger partial charge in [0.15, 0.2) is 5.75 Å². The normalized spacial score (nSPS) is 16.8. The molecule has 0 spiro atoms. The Balaban J connectivity index is 2.80. The molecule has 10 heteroatoms. The third-order valence-electron chi connectivity index (χ3n) is 3.69. The number of phenolic OH excluding ortho intramolecular Hbond substituents is 1. The number of hydrogen-bond acceptors (Lipinski definition) is 8. The zero-order valence-electron chi connectivity index (χ0n) is 13.8. The highest BCUT2D eigenvalue weighted by molar-refractivity contribution is 6.31. The van der Waals surface area contributed by atoms with E-state index in [1.165, 1.54) is 13.0 Å². The Bertz CT molecular complexity index is 900. The lowest BCUT2D eigenvalue weighted by Gasteiger charge is -2.27. The van der Waals surface area contributed by atoms with E-state index >= 15 is 0 Å². The molecule has 1 aliphatic heterocycles. The molecule has 0 bridgehead atoms. The number of phenols is 1. The van der Waals surface area contributed by atoms with Gasteiger partial charge in [-0.2, -0.15) is 5.26 Å². The standard InChI is InChI=1S/C16H14ClN3O6/c1-3-25-16(22)12-7(2)26-15(19)10(6-18)13(12)9-4-8(17)5-11(14(9)21)20(23)24/h4-5,13,21H,3,19H2,1-2H3. The van der Waals surface area contributed by atoms with E-state index in [2.05, 4.69) is 0 Å². The second kappa shape index (κ2) is 7.33. The molecule has 1 aromatic carbocycles. The van der Waals surface area contributed by atoms with E-state index in [4.69, 9.17) is 26.8 Å². The van der Waals surface area contributed by atoms with Crippen LogP contribution in [-0.2, 0) is 14.3 Å². The summed E-state index contributed by atoms with van der Waals surface area (Å²) in [7, 11) is 0. The number of nitro benzene ring substituents is 1. The zero-order chi connectivity index (χ0) is 19.6. The van der Waals surface area contributed by atoms with Gasteiger partial charge in [-0.25, -0.2) is 4.79 Å². The van der Waals surface area contributed by atoms with E-state index in [-0.39, 0.29) is 40.0 Å². The summed E-state index contributed by atoms with van der Waals surface area (Å²) in [4.78, 5) is 22.7. The second-order valence-corrected chi connectivity index (χ2v) is 5.67. The van der Waals surface area contributed by atoms with E-state index in [0.717, 1.165) is 6.07 Å². The van der Waals surface area contributed by atoms with Gasteiger partial charge in [-0.05, 0) is 19.9 Å². The Morgan fingerprint density at radius 3 is 2.77 bits per heavy atom. The highest BCUT2D eigenvalue weighted by Crippen LogP contribution is 2.46. The second-order valence-electron chi connectivity index (χ2n) is 5.23. The van der Waals surface area contributed by atoms with E-state index in [1.54, 1.807) is 6.92 Å². The van der Waals surface area contributed by atoms with Gasteiger partial charge in [0.05, 0.1) is 23.0 Å². The third-order valence-corrected chi connectivity index (χ3v) is 3.91. The van der Waals surface area contributed by atoms with Crippen LogP contribution in [0.5, 0.6) is 5.75 Å². The van der Waals surface area contributed by atoms with Crippen molar-refractivity contribution >= 4 is 23.3 Å². The van der Waals surface area contributed by atoms with Gasteiger partial charge < -0.3 is 20.3 Å². The maximum absolute atomic E-state index is 12.4. The molecule has 26 heavy (non-hydrogen) atoms. The van der Waals surface area contributed by atoms with Crippen molar-refractivity contribution in [2.45, 2.75) is 19.8 Å². The molecule has 9 nitrogen and oxygen atoms in total. The number of halogens is 1. The Labute approximate surface area is 153 Å². The molecule has 1 aromatic rings. The van der Waals surface area contributed by atoms with Crippen molar-refractivity contribution in [1.82, 2.24) is 0 Å². The van der Waals surface area contributed by atoms with E-state index in [9.17, 15) is 25.3 Å². The number of nitro groups is 1. The molecular formula is C16H14ClN3O6. The summed E-state index contributed by atoms with van der Waals surface area (Å²) in [6.07, 6.45) is 0. The highest BCUT2D eigenvalue weighted by atomic mass is 35.5. The molecule has 1 heterocycles. The van der Waals surface area contributed by atoms with Crippen LogP contribution in [0.1, 0.15) is 25.3 Å². The highest BCUT2D eigenvalue weighted by Gasteiger charge is 2.39. The molecule has 0 fully saturated rings. The number of hydrogen-bond donors (Lipinski definition) is 2. The number of nitrogens with zero attached hydrogens (tertiary/aromatic N) is 2. The SMILES string of the molecule is CCOC(=O)C1=C(C)OC(N)=C(C#N)C1c1cc(Cl)cc([N+](=O)[O-])c1O. The molecule has 0 radical (unpaired) electrons. The number of carbonyl (C=O) groups excluding carboxylic acids is 1. The first-order valence-corrected chi connectivity index (χ1v) is 7.72. The number of benzene rings is 1. The quantitative estimate of drug-likeness (QED) is 0.460. The molecule has 2 rings (SSSR count). The van der Waals surface area contributed by atoms with Crippen molar-refractivity contribution in [2.75, 3.05) is 6.61 Å². The summed E-state index contributed by atoms with van der Waals surface area (Å²) >= 11 is 5.93. The number of ether oxygens (including phenoxy) is 2. The Hall–Kier alpha value is -3.25. The van der Waals surface area contributed by atoms with Crippen molar-refractivity contribution in [1.29, 1.82) is 5.26 Å². The number of nitriles is 1. The van der Waals surface area contributed by atoms with Crippen molar-refractivity contribution in [3.8, 4) is 11.8 Å². The maximum Gasteiger partial charge on any atom is 0.338 e. The monoisotopic (exact) mass is 379 g/mol. The number of esters is 1. The van der Waals surface area contributed by atoms with Crippen LogP contribution >= 0.6 is 11.6 Å². The summed E-state index contributed by atoms with van der Waals surface area (Å²) in [5.41, 5.74) is 4.62. The Morgan fingerprint density at radius 2 is 2.23 bits per heavy atom. The fraction of sp³-hybridized carbons (Fsp3) is 0.250. The Morgan fingerprint density at radius 1 is 1.58 bits per heavy atom. The van der Waals surface area contributed by atoms with Crippen LogP contribution in [0.3, 0.4) is 0 Å².